The predicted molar refractivity (Wildman–Crippen MR) is 95.4 cm³/mol. The molecule has 128 valence electrons. The molecule has 25 heavy (non-hydrogen) atoms. The van der Waals surface area contributed by atoms with Crippen LogP contribution in [0.2, 0.25) is 0 Å². The third-order valence-electron chi connectivity index (χ3n) is 4.31. The molecule has 0 spiro atoms. The van der Waals surface area contributed by atoms with Gasteiger partial charge in [-0.1, -0.05) is 23.9 Å². The standard InChI is InChI=1S/C17H17N5O2S/c1-10(16(24)22-7-6-13-14(8-22)19-9-18-13)25-17-20-12-5-3-2-4-11(12)15(23)21-17/h2-5,9-10H,6-8H2,1H3,(H,18,19)(H,20,21,23). The zero-order chi connectivity index (χ0) is 17.4. The van der Waals surface area contributed by atoms with Gasteiger partial charge in [0.1, 0.15) is 0 Å². The lowest BCUT2D eigenvalue weighted by molar-refractivity contribution is -0.131. The molecule has 8 heteroatoms. The Morgan fingerprint density at radius 1 is 1.36 bits per heavy atom. The van der Waals surface area contributed by atoms with Gasteiger partial charge in [-0.05, 0) is 19.1 Å². The molecule has 2 aromatic heterocycles. The van der Waals surface area contributed by atoms with Crippen LogP contribution in [0.15, 0.2) is 40.5 Å². The quantitative estimate of drug-likeness (QED) is 0.551. The van der Waals surface area contributed by atoms with Crippen molar-refractivity contribution in [3.05, 3.63) is 52.3 Å². The van der Waals surface area contributed by atoms with E-state index in [0.717, 1.165) is 17.8 Å². The van der Waals surface area contributed by atoms with Gasteiger partial charge in [0.15, 0.2) is 5.16 Å². The molecule has 1 atom stereocenters. The number of carbonyl (C=O) groups excluding carboxylic acids is 1. The first-order chi connectivity index (χ1) is 12.1. The second kappa shape index (κ2) is 6.36. The summed E-state index contributed by atoms with van der Waals surface area (Å²) >= 11 is 1.27. The Morgan fingerprint density at radius 2 is 2.20 bits per heavy atom. The van der Waals surface area contributed by atoms with Gasteiger partial charge in [0.2, 0.25) is 5.91 Å². The number of benzene rings is 1. The van der Waals surface area contributed by atoms with Gasteiger partial charge < -0.3 is 14.9 Å². The summed E-state index contributed by atoms with van der Waals surface area (Å²) in [6.07, 6.45) is 2.42. The highest BCUT2D eigenvalue weighted by atomic mass is 32.2. The van der Waals surface area contributed by atoms with Gasteiger partial charge >= 0.3 is 0 Å². The molecule has 1 amide bonds. The number of rotatable bonds is 3. The fourth-order valence-electron chi connectivity index (χ4n) is 3.00. The van der Waals surface area contributed by atoms with E-state index < -0.39 is 0 Å². The lowest BCUT2D eigenvalue weighted by Crippen LogP contribution is -2.40. The number of nitrogens with one attached hydrogen (secondary N) is 2. The molecule has 0 bridgehead atoms. The highest BCUT2D eigenvalue weighted by molar-refractivity contribution is 8.00. The molecule has 1 aromatic carbocycles. The topological polar surface area (TPSA) is 94.7 Å². The minimum Gasteiger partial charge on any atom is -0.347 e. The van der Waals surface area contributed by atoms with Gasteiger partial charge in [-0.15, -0.1) is 0 Å². The van der Waals surface area contributed by atoms with Crippen molar-refractivity contribution in [2.24, 2.45) is 0 Å². The SMILES string of the molecule is CC(Sc1nc2ccccc2c(=O)[nH]1)C(=O)N1CCc2nc[nH]c2C1. The van der Waals surface area contributed by atoms with Crippen LogP contribution in [0.4, 0.5) is 0 Å². The molecule has 0 radical (unpaired) electrons. The molecule has 0 fully saturated rings. The van der Waals surface area contributed by atoms with E-state index >= 15 is 0 Å². The van der Waals surface area contributed by atoms with Crippen molar-refractivity contribution in [3.8, 4) is 0 Å². The lowest BCUT2D eigenvalue weighted by atomic mass is 10.1. The third-order valence-corrected chi connectivity index (χ3v) is 5.29. The number of amides is 1. The Balaban J connectivity index is 1.51. The second-order valence-corrected chi connectivity index (χ2v) is 7.32. The van der Waals surface area contributed by atoms with Crippen LogP contribution in [-0.4, -0.2) is 42.5 Å². The number of carbonyl (C=O) groups is 1. The summed E-state index contributed by atoms with van der Waals surface area (Å²) in [5.74, 6) is 0.0288. The average Bonchev–Trinajstić information content (AvgIpc) is 3.08. The number of nitrogens with zero attached hydrogens (tertiary/aromatic N) is 3. The molecular formula is C17H17N5O2S. The Labute approximate surface area is 147 Å². The zero-order valence-electron chi connectivity index (χ0n) is 13.7. The summed E-state index contributed by atoms with van der Waals surface area (Å²) in [7, 11) is 0. The number of aromatic amines is 2. The van der Waals surface area contributed by atoms with Gasteiger partial charge in [0, 0.05) is 13.0 Å². The monoisotopic (exact) mass is 355 g/mol. The first-order valence-electron chi connectivity index (χ1n) is 8.07. The minimum absolute atomic E-state index is 0.0288. The highest BCUT2D eigenvalue weighted by Gasteiger charge is 2.27. The summed E-state index contributed by atoms with van der Waals surface area (Å²) in [5, 5.41) is 0.672. The Kier molecular flexibility index (Phi) is 4.04. The normalized spacial score (nSPS) is 15.2. The maximum Gasteiger partial charge on any atom is 0.259 e. The molecule has 3 aromatic rings. The number of para-hydroxylation sites is 1. The highest BCUT2D eigenvalue weighted by Crippen LogP contribution is 2.24. The van der Waals surface area contributed by atoms with E-state index in [4.69, 9.17) is 0 Å². The smallest absolute Gasteiger partial charge is 0.259 e. The van der Waals surface area contributed by atoms with E-state index in [0.29, 0.717) is 29.1 Å². The fourth-order valence-corrected chi connectivity index (χ4v) is 3.88. The van der Waals surface area contributed by atoms with Crippen molar-refractivity contribution in [2.45, 2.75) is 30.3 Å². The summed E-state index contributed by atoms with van der Waals surface area (Å²) in [4.78, 5) is 41.2. The van der Waals surface area contributed by atoms with E-state index in [2.05, 4.69) is 19.9 Å². The minimum atomic E-state index is -0.339. The molecule has 1 aliphatic rings. The van der Waals surface area contributed by atoms with Gasteiger partial charge in [-0.25, -0.2) is 9.97 Å². The van der Waals surface area contributed by atoms with Crippen LogP contribution in [0.5, 0.6) is 0 Å². The molecule has 7 nitrogen and oxygen atoms in total. The van der Waals surface area contributed by atoms with Crippen LogP contribution < -0.4 is 5.56 Å². The van der Waals surface area contributed by atoms with Crippen LogP contribution in [0, 0.1) is 0 Å². The molecule has 3 heterocycles. The second-order valence-electron chi connectivity index (χ2n) is 5.99. The Morgan fingerprint density at radius 3 is 3.08 bits per heavy atom. The Bertz CT molecular complexity index is 996. The molecule has 0 aliphatic carbocycles. The van der Waals surface area contributed by atoms with E-state index in [1.54, 1.807) is 24.5 Å². The van der Waals surface area contributed by atoms with Gasteiger partial charge in [-0.2, -0.15) is 0 Å². The third kappa shape index (κ3) is 3.05. The number of hydrogen-bond acceptors (Lipinski definition) is 5. The van der Waals surface area contributed by atoms with Gasteiger partial charge in [0.25, 0.3) is 5.56 Å². The number of fused-ring (bicyclic) bond motifs is 2. The van der Waals surface area contributed by atoms with E-state index in [9.17, 15) is 9.59 Å². The number of aromatic nitrogens is 4. The fraction of sp³-hybridized carbons (Fsp3) is 0.294. The molecule has 4 rings (SSSR count). The van der Waals surface area contributed by atoms with E-state index in [1.807, 2.05) is 17.9 Å². The van der Waals surface area contributed by atoms with Crippen molar-refractivity contribution in [3.63, 3.8) is 0 Å². The number of thioether (sulfide) groups is 1. The maximum atomic E-state index is 12.7. The summed E-state index contributed by atoms with van der Waals surface area (Å²) in [5.41, 5.74) is 2.47. The summed E-state index contributed by atoms with van der Waals surface area (Å²) < 4.78 is 0. The van der Waals surface area contributed by atoms with Crippen LogP contribution in [0.3, 0.4) is 0 Å². The summed E-state index contributed by atoms with van der Waals surface area (Å²) in [6.45, 7) is 3.04. The first-order valence-corrected chi connectivity index (χ1v) is 8.95. The van der Waals surface area contributed by atoms with E-state index in [-0.39, 0.29) is 16.7 Å². The van der Waals surface area contributed by atoms with Crippen molar-refractivity contribution < 1.29 is 4.79 Å². The van der Waals surface area contributed by atoms with Crippen molar-refractivity contribution in [2.75, 3.05) is 6.54 Å². The van der Waals surface area contributed by atoms with Crippen LogP contribution in [0.25, 0.3) is 10.9 Å². The van der Waals surface area contributed by atoms with Crippen molar-refractivity contribution in [1.29, 1.82) is 0 Å². The molecule has 1 aliphatic heterocycles. The number of imidazole rings is 1. The van der Waals surface area contributed by atoms with E-state index in [1.165, 1.54) is 11.8 Å². The summed E-state index contributed by atoms with van der Waals surface area (Å²) in [6, 6.07) is 7.18. The number of hydrogen-bond donors (Lipinski definition) is 2. The zero-order valence-corrected chi connectivity index (χ0v) is 14.5. The largest absolute Gasteiger partial charge is 0.347 e. The van der Waals surface area contributed by atoms with Crippen LogP contribution in [-0.2, 0) is 17.8 Å². The number of H-pyrrole nitrogens is 2. The van der Waals surface area contributed by atoms with Crippen molar-refractivity contribution >= 4 is 28.6 Å². The predicted octanol–water partition coefficient (Wildman–Crippen LogP) is 1.71. The lowest BCUT2D eigenvalue weighted by Gasteiger charge is -2.28. The molecule has 1 unspecified atom stereocenters. The Hall–Kier alpha value is -2.61. The maximum absolute atomic E-state index is 12.7. The average molecular weight is 355 g/mol. The van der Waals surface area contributed by atoms with Crippen LogP contribution in [0.1, 0.15) is 18.3 Å². The van der Waals surface area contributed by atoms with Gasteiger partial charge in [0.05, 0.1) is 40.4 Å². The molecular weight excluding hydrogens is 338 g/mol. The molecule has 0 saturated carbocycles. The molecule has 2 N–H and O–H groups in total. The molecule has 0 saturated heterocycles. The van der Waals surface area contributed by atoms with Gasteiger partial charge in [-0.3, -0.25) is 9.59 Å². The van der Waals surface area contributed by atoms with Crippen molar-refractivity contribution in [1.82, 2.24) is 24.8 Å². The first kappa shape index (κ1) is 15.9. The van der Waals surface area contributed by atoms with Crippen LogP contribution >= 0.6 is 11.8 Å².